The van der Waals surface area contributed by atoms with E-state index in [4.69, 9.17) is 4.52 Å². The molecule has 0 aromatic carbocycles. The zero-order valence-corrected chi connectivity index (χ0v) is 10.1. The Balaban J connectivity index is 2.05. The second-order valence-corrected chi connectivity index (χ2v) is 4.15. The third-order valence-corrected chi connectivity index (χ3v) is 3.12. The summed E-state index contributed by atoms with van der Waals surface area (Å²) in [7, 11) is 0. The van der Waals surface area contributed by atoms with Gasteiger partial charge in [-0.25, -0.2) is 0 Å². The lowest BCUT2D eigenvalue weighted by molar-refractivity contribution is 0.322. The second-order valence-electron chi connectivity index (χ2n) is 4.15. The fraction of sp³-hybridized carbons (Fsp3) is 0.818. The summed E-state index contributed by atoms with van der Waals surface area (Å²) in [5.41, 5.74) is 0. The number of hydrogen-bond donors (Lipinski definition) is 1. The van der Waals surface area contributed by atoms with Gasteiger partial charge in [0, 0.05) is 19.6 Å². The number of aromatic nitrogens is 2. The summed E-state index contributed by atoms with van der Waals surface area (Å²) in [6.45, 7) is 8.09. The fourth-order valence-corrected chi connectivity index (χ4v) is 2.09. The van der Waals surface area contributed by atoms with E-state index in [-0.39, 0.29) is 0 Å². The molecule has 5 heteroatoms. The number of nitrogens with one attached hydrogen (secondary N) is 1. The van der Waals surface area contributed by atoms with Gasteiger partial charge in [0.05, 0.1) is 5.92 Å². The van der Waals surface area contributed by atoms with Gasteiger partial charge in [-0.05, 0) is 38.4 Å². The maximum atomic E-state index is 5.35. The Hall–Kier alpha value is -1.10. The molecule has 1 atom stereocenters. The Bertz CT molecular complexity index is 316. The summed E-state index contributed by atoms with van der Waals surface area (Å²) >= 11 is 0. The SMILES string of the molecule is CCN(CC)c1noc([C@@H]2CCCNC2)n1. The van der Waals surface area contributed by atoms with Crippen LogP contribution >= 0.6 is 0 Å². The molecule has 0 unspecified atom stereocenters. The molecular weight excluding hydrogens is 204 g/mol. The van der Waals surface area contributed by atoms with Crippen LogP contribution < -0.4 is 10.2 Å². The molecule has 1 aromatic heterocycles. The van der Waals surface area contributed by atoms with Crippen LogP contribution in [0.2, 0.25) is 0 Å². The van der Waals surface area contributed by atoms with Crippen LogP contribution in [0.25, 0.3) is 0 Å². The third-order valence-electron chi connectivity index (χ3n) is 3.12. The Morgan fingerprint density at radius 1 is 1.44 bits per heavy atom. The highest BCUT2D eigenvalue weighted by molar-refractivity contribution is 5.27. The van der Waals surface area contributed by atoms with E-state index in [9.17, 15) is 0 Å². The summed E-state index contributed by atoms with van der Waals surface area (Å²) in [6, 6.07) is 0. The Labute approximate surface area is 96.2 Å². The van der Waals surface area contributed by atoms with Crippen molar-refractivity contribution in [2.75, 3.05) is 31.1 Å². The molecule has 1 fully saturated rings. The molecule has 1 aliphatic rings. The number of rotatable bonds is 4. The maximum Gasteiger partial charge on any atom is 0.266 e. The van der Waals surface area contributed by atoms with Gasteiger partial charge in [0.25, 0.3) is 5.95 Å². The van der Waals surface area contributed by atoms with Crippen molar-refractivity contribution in [2.45, 2.75) is 32.6 Å². The highest BCUT2D eigenvalue weighted by Crippen LogP contribution is 2.23. The summed E-state index contributed by atoms with van der Waals surface area (Å²) in [4.78, 5) is 6.58. The van der Waals surface area contributed by atoms with Crippen LogP contribution in [0.3, 0.4) is 0 Å². The molecule has 90 valence electrons. The first-order valence-electron chi connectivity index (χ1n) is 6.14. The monoisotopic (exact) mass is 224 g/mol. The van der Waals surface area contributed by atoms with E-state index in [0.29, 0.717) is 5.92 Å². The van der Waals surface area contributed by atoms with E-state index < -0.39 is 0 Å². The Morgan fingerprint density at radius 2 is 2.25 bits per heavy atom. The Kier molecular flexibility index (Phi) is 3.77. The van der Waals surface area contributed by atoms with Crippen LogP contribution in [0.4, 0.5) is 5.95 Å². The molecule has 0 spiro atoms. The van der Waals surface area contributed by atoms with Crippen molar-refractivity contribution in [3.63, 3.8) is 0 Å². The predicted octanol–water partition coefficient (Wildman–Crippen LogP) is 1.38. The summed E-state index contributed by atoms with van der Waals surface area (Å²) in [5, 5.41) is 7.40. The summed E-state index contributed by atoms with van der Waals surface area (Å²) < 4.78 is 5.35. The first-order valence-corrected chi connectivity index (χ1v) is 6.14. The molecule has 16 heavy (non-hydrogen) atoms. The van der Waals surface area contributed by atoms with Crippen LogP contribution in [-0.4, -0.2) is 36.3 Å². The van der Waals surface area contributed by atoms with Crippen molar-refractivity contribution >= 4 is 5.95 Å². The quantitative estimate of drug-likeness (QED) is 0.837. The van der Waals surface area contributed by atoms with Gasteiger partial charge in [0.2, 0.25) is 5.89 Å². The minimum Gasteiger partial charge on any atom is -0.339 e. The van der Waals surface area contributed by atoms with Crippen molar-refractivity contribution in [1.82, 2.24) is 15.5 Å². The molecule has 2 rings (SSSR count). The lowest BCUT2D eigenvalue weighted by Gasteiger charge is -2.19. The molecular formula is C11H20N4O. The van der Waals surface area contributed by atoms with Crippen molar-refractivity contribution in [2.24, 2.45) is 0 Å². The minimum absolute atomic E-state index is 0.394. The highest BCUT2D eigenvalue weighted by Gasteiger charge is 2.22. The number of nitrogens with zero attached hydrogens (tertiary/aromatic N) is 3. The molecule has 1 aliphatic heterocycles. The second kappa shape index (κ2) is 5.30. The first kappa shape index (κ1) is 11.4. The van der Waals surface area contributed by atoms with Crippen molar-refractivity contribution in [1.29, 1.82) is 0 Å². The van der Waals surface area contributed by atoms with Gasteiger partial charge in [-0.1, -0.05) is 0 Å². The highest BCUT2D eigenvalue weighted by atomic mass is 16.5. The number of piperidine rings is 1. The predicted molar refractivity (Wildman–Crippen MR) is 62.7 cm³/mol. The molecule has 0 bridgehead atoms. The standard InChI is InChI=1S/C11H20N4O/c1-3-15(4-2)11-13-10(16-14-11)9-6-5-7-12-8-9/h9,12H,3-8H2,1-2H3/t9-/m1/s1. The topological polar surface area (TPSA) is 54.2 Å². The van der Waals surface area contributed by atoms with Gasteiger partial charge >= 0.3 is 0 Å². The summed E-state index contributed by atoms with van der Waals surface area (Å²) in [5.74, 6) is 1.91. The van der Waals surface area contributed by atoms with E-state index in [1.54, 1.807) is 0 Å². The number of hydrogen-bond acceptors (Lipinski definition) is 5. The third kappa shape index (κ3) is 2.35. The minimum atomic E-state index is 0.394. The Morgan fingerprint density at radius 3 is 2.88 bits per heavy atom. The van der Waals surface area contributed by atoms with Crippen LogP contribution in [0.15, 0.2) is 4.52 Å². The molecule has 1 aromatic rings. The molecule has 1 saturated heterocycles. The number of anilines is 1. The molecule has 0 radical (unpaired) electrons. The van der Waals surface area contributed by atoms with E-state index in [2.05, 4.69) is 34.2 Å². The first-order chi connectivity index (χ1) is 7.85. The van der Waals surface area contributed by atoms with Crippen molar-refractivity contribution < 1.29 is 4.52 Å². The fourth-order valence-electron chi connectivity index (χ4n) is 2.09. The molecule has 0 saturated carbocycles. The molecule has 1 N–H and O–H groups in total. The summed E-state index contributed by atoms with van der Waals surface area (Å²) in [6.07, 6.45) is 2.33. The molecule has 0 amide bonds. The van der Waals surface area contributed by atoms with Gasteiger partial charge in [0.1, 0.15) is 0 Å². The van der Waals surface area contributed by atoms with Crippen molar-refractivity contribution in [3.8, 4) is 0 Å². The smallest absolute Gasteiger partial charge is 0.266 e. The molecule has 5 nitrogen and oxygen atoms in total. The lowest BCUT2D eigenvalue weighted by atomic mass is 10.00. The zero-order valence-electron chi connectivity index (χ0n) is 10.1. The lowest BCUT2D eigenvalue weighted by Crippen LogP contribution is -2.28. The van der Waals surface area contributed by atoms with Crippen LogP contribution in [0, 0.1) is 0 Å². The maximum absolute atomic E-state index is 5.35. The normalized spacial score (nSPS) is 21.0. The van der Waals surface area contributed by atoms with Gasteiger partial charge in [0.15, 0.2) is 0 Å². The van der Waals surface area contributed by atoms with Crippen LogP contribution in [0.1, 0.15) is 38.5 Å². The van der Waals surface area contributed by atoms with Gasteiger partial charge in [-0.15, -0.1) is 0 Å². The van der Waals surface area contributed by atoms with Crippen molar-refractivity contribution in [3.05, 3.63) is 5.89 Å². The van der Waals surface area contributed by atoms with E-state index in [1.807, 2.05) is 0 Å². The van der Waals surface area contributed by atoms with Crippen LogP contribution in [-0.2, 0) is 0 Å². The van der Waals surface area contributed by atoms with Crippen LogP contribution in [0.5, 0.6) is 0 Å². The largest absolute Gasteiger partial charge is 0.339 e. The molecule has 2 heterocycles. The van der Waals surface area contributed by atoms with Gasteiger partial charge in [-0.2, -0.15) is 4.98 Å². The van der Waals surface area contributed by atoms with E-state index in [1.165, 1.54) is 6.42 Å². The molecule has 0 aliphatic carbocycles. The average molecular weight is 224 g/mol. The van der Waals surface area contributed by atoms with Gasteiger partial charge in [-0.3, -0.25) is 0 Å². The average Bonchev–Trinajstić information content (AvgIpc) is 2.81. The van der Waals surface area contributed by atoms with Gasteiger partial charge < -0.3 is 14.7 Å². The van der Waals surface area contributed by atoms with E-state index >= 15 is 0 Å². The van der Waals surface area contributed by atoms with E-state index in [0.717, 1.165) is 44.4 Å². The zero-order chi connectivity index (χ0) is 11.4.